The minimum atomic E-state index is -0.534. The quantitative estimate of drug-likeness (QED) is 0.806. The van der Waals surface area contributed by atoms with Crippen LogP contribution in [0.15, 0.2) is 4.52 Å². The van der Waals surface area contributed by atoms with E-state index in [0.717, 1.165) is 12.8 Å². The zero-order valence-electron chi connectivity index (χ0n) is 9.78. The maximum Gasteiger partial charge on any atom is 0.243 e. The maximum absolute atomic E-state index is 5.87. The fourth-order valence-electron chi connectivity index (χ4n) is 1.16. The average Bonchev–Trinajstić information content (AvgIpc) is 2.67. The van der Waals surface area contributed by atoms with Crippen LogP contribution in [-0.4, -0.2) is 17.3 Å². The van der Waals surface area contributed by atoms with Crippen LogP contribution in [0.2, 0.25) is 0 Å². The van der Waals surface area contributed by atoms with Gasteiger partial charge < -0.3 is 15.0 Å². The Hall–Kier alpha value is -0.940. The molecule has 1 unspecified atom stereocenters. The molecule has 0 amide bonds. The highest BCUT2D eigenvalue weighted by molar-refractivity contribution is 4.99. The Bertz CT molecular complexity index is 309. The summed E-state index contributed by atoms with van der Waals surface area (Å²) in [5, 5.41) is 3.87. The summed E-state index contributed by atoms with van der Waals surface area (Å²) < 4.78 is 10.4. The second-order valence-electron chi connectivity index (χ2n) is 4.07. The van der Waals surface area contributed by atoms with E-state index in [1.54, 1.807) is 7.11 Å². The largest absolute Gasteiger partial charge is 0.371 e. The third kappa shape index (κ3) is 2.76. The summed E-state index contributed by atoms with van der Waals surface area (Å²) in [6, 6.07) is -0.177. The maximum atomic E-state index is 5.87. The molecule has 86 valence electrons. The van der Waals surface area contributed by atoms with E-state index in [-0.39, 0.29) is 6.04 Å². The van der Waals surface area contributed by atoms with E-state index in [0.29, 0.717) is 11.7 Å². The van der Waals surface area contributed by atoms with Gasteiger partial charge in [-0.05, 0) is 20.3 Å². The highest BCUT2D eigenvalue weighted by Gasteiger charge is 2.27. The van der Waals surface area contributed by atoms with E-state index in [4.69, 9.17) is 15.0 Å². The van der Waals surface area contributed by atoms with E-state index in [1.807, 2.05) is 13.8 Å². The lowest BCUT2D eigenvalue weighted by atomic mass is 10.1. The minimum absolute atomic E-state index is 0.177. The summed E-state index contributed by atoms with van der Waals surface area (Å²) >= 11 is 0. The van der Waals surface area contributed by atoms with Crippen LogP contribution in [0.1, 0.15) is 51.4 Å². The fourth-order valence-corrected chi connectivity index (χ4v) is 1.16. The molecule has 1 aromatic heterocycles. The number of methoxy groups -OCH3 is 1. The molecule has 0 aliphatic carbocycles. The van der Waals surface area contributed by atoms with Crippen molar-refractivity contribution >= 4 is 0 Å². The molecule has 2 N–H and O–H groups in total. The monoisotopic (exact) mass is 213 g/mol. The molecule has 15 heavy (non-hydrogen) atoms. The summed E-state index contributed by atoms with van der Waals surface area (Å²) in [5.74, 6) is 1.02. The van der Waals surface area contributed by atoms with Crippen molar-refractivity contribution < 1.29 is 9.26 Å². The zero-order valence-corrected chi connectivity index (χ0v) is 9.78. The molecular formula is C10H19N3O2. The molecule has 0 fully saturated rings. The van der Waals surface area contributed by atoms with Crippen LogP contribution < -0.4 is 5.73 Å². The molecule has 0 saturated heterocycles. The number of nitrogens with zero attached hydrogens (tertiary/aromatic N) is 2. The molecule has 1 atom stereocenters. The zero-order chi connectivity index (χ0) is 11.5. The molecule has 1 heterocycles. The van der Waals surface area contributed by atoms with Gasteiger partial charge in [0.15, 0.2) is 0 Å². The second kappa shape index (κ2) is 4.72. The number of nitrogens with two attached hydrogens (primary N) is 1. The number of hydrogen-bond acceptors (Lipinski definition) is 5. The van der Waals surface area contributed by atoms with Crippen molar-refractivity contribution in [2.45, 2.75) is 45.3 Å². The van der Waals surface area contributed by atoms with E-state index in [1.165, 1.54) is 0 Å². The molecule has 0 spiro atoms. The van der Waals surface area contributed by atoms with Gasteiger partial charge in [0.05, 0.1) is 6.04 Å². The summed E-state index contributed by atoms with van der Waals surface area (Å²) in [6.07, 6.45) is 1.83. The highest BCUT2D eigenvalue weighted by Crippen LogP contribution is 2.22. The molecule has 0 saturated carbocycles. The van der Waals surface area contributed by atoms with Gasteiger partial charge in [0.25, 0.3) is 0 Å². The first-order valence-electron chi connectivity index (χ1n) is 5.16. The Kier molecular flexibility index (Phi) is 3.82. The minimum Gasteiger partial charge on any atom is -0.371 e. The number of ether oxygens (including phenoxy) is 1. The van der Waals surface area contributed by atoms with Gasteiger partial charge in [-0.3, -0.25) is 0 Å². The smallest absolute Gasteiger partial charge is 0.243 e. The van der Waals surface area contributed by atoms with Crippen molar-refractivity contribution in [1.29, 1.82) is 0 Å². The standard InChI is InChI=1S/C10H19N3O2/c1-5-6-7(11)8-12-9(13-15-8)10(2,3)14-4/h7H,5-6,11H2,1-4H3. The first-order valence-corrected chi connectivity index (χ1v) is 5.16. The van der Waals surface area contributed by atoms with Crippen LogP contribution in [0.5, 0.6) is 0 Å². The number of hydrogen-bond donors (Lipinski definition) is 1. The molecule has 0 radical (unpaired) electrons. The summed E-state index contributed by atoms with van der Waals surface area (Å²) in [4.78, 5) is 4.24. The Balaban J connectivity index is 2.80. The third-order valence-electron chi connectivity index (χ3n) is 2.41. The lowest BCUT2D eigenvalue weighted by molar-refractivity contribution is 0.00973. The fraction of sp³-hybridized carbons (Fsp3) is 0.800. The molecule has 0 bridgehead atoms. The van der Waals surface area contributed by atoms with Crippen LogP contribution in [0.4, 0.5) is 0 Å². The van der Waals surface area contributed by atoms with Gasteiger partial charge in [-0.2, -0.15) is 4.98 Å². The molecule has 5 heteroatoms. The predicted octanol–water partition coefficient (Wildman–Crippen LogP) is 1.75. The molecular weight excluding hydrogens is 194 g/mol. The number of aromatic nitrogens is 2. The first-order chi connectivity index (χ1) is 7.01. The van der Waals surface area contributed by atoms with Gasteiger partial charge in [0.1, 0.15) is 5.60 Å². The number of rotatable bonds is 5. The molecule has 1 aromatic rings. The second-order valence-corrected chi connectivity index (χ2v) is 4.07. The molecule has 0 aliphatic heterocycles. The van der Waals surface area contributed by atoms with Crippen molar-refractivity contribution in [2.24, 2.45) is 5.73 Å². The Morgan fingerprint density at radius 2 is 2.20 bits per heavy atom. The van der Waals surface area contributed by atoms with Crippen LogP contribution in [0.25, 0.3) is 0 Å². The Labute approximate surface area is 90.0 Å². The molecule has 5 nitrogen and oxygen atoms in total. The molecule has 1 rings (SSSR count). The predicted molar refractivity (Wildman–Crippen MR) is 56.2 cm³/mol. The third-order valence-corrected chi connectivity index (χ3v) is 2.41. The van der Waals surface area contributed by atoms with Crippen LogP contribution in [-0.2, 0) is 10.3 Å². The first kappa shape index (κ1) is 12.1. The van der Waals surface area contributed by atoms with Crippen molar-refractivity contribution in [3.8, 4) is 0 Å². The van der Waals surface area contributed by atoms with Crippen molar-refractivity contribution in [1.82, 2.24) is 10.1 Å². The van der Waals surface area contributed by atoms with E-state index >= 15 is 0 Å². The molecule has 0 aromatic carbocycles. The Morgan fingerprint density at radius 3 is 2.73 bits per heavy atom. The van der Waals surface area contributed by atoms with E-state index < -0.39 is 5.60 Å². The lowest BCUT2D eigenvalue weighted by Crippen LogP contribution is -2.21. The topological polar surface area (TPSA) is 74.2 Å². The summed E-state index contributed by atoms with van der Waals surface area (Å²) in [5.41, 5.74) is 5.33. The van der Waals surface area contributed by atoms with Gasteiger partial charge in [-0.15, -0.1) is 0 Å². The van der Waals surface area contributed by atoms with E-state index in [9.17, 15) is 0 Å². The average molecular weight is 213 g/mol. The lowest BCUT2D eigenvalue weighted by Gasteiger charge is -2.17. The van der Waals surface area contributed by atoms with Gasteiger partial charge in [0.2, 0.25) is 11.7 Å². The SMILES string of the molecule is CCCC(N)c1nc(C(C)(C)OC)no1. The highest BCUT2D eigenvalue weighted by atomic mass is 16.5. The Morgan fingerprint density at radius 1 is 1.53 bits per heavy atom. The van der Waals surface area contributed by atoms with Crippen molar-refractivity contribution in [3.63, 3.8) is 0 Å². The van der Waals surface area contributed by atoms with Gasteiger partial charge >= 0.3 is 0 Å². The van der Waals surface area contributed by atoms with Gasteiger partial charge in [-0.25, -0.2) is 0 Å². The summed E-state index contributed by atoms with van der Waals surface area (Å²) in [7, 11) is 1.61. The van der Waals surface area contributed by atoms with E-state index in [2.05, 4.69) is 17.1 Å². The molecule has 0 aliphatic rings. The van der Waals surface area contributed by atoms with Crippen molar-refractivity contribution in [2.75, 3.05) is 7.11 Å². The van der Waals surface area contributed by atoms with Gasteiger partial charge in [0, 0.05) is 7.11 Å². The van der Waals surface area contributed by atoms with Crippen molar-refractivity contribution in [3.05, 3.63) is 11.7 Å². The van der Waals surface area contributed by atoms with Crippen LogP contribution in [0.3, 0.4) is 0 Å². The van der Waals surface area contributed by atoms with Crippen LogP contribution in [0, 0.1) is 0 Å². The summed E-state index contributed by atoms with van der Waals surface area (Å²) in [6.45, 7) is 5.83. The van der Waals surface area contributed by atoms with Gasteiger partial charge in [-0.1, -0.05) is 18.5 Å². The van der Waals surface area contributed by atoms with Crippen LogP contribution >= 0.6 is 0 Å². The normalized spacial score (nSPS) is 14.2.